The molecule has 0 saturated carbocycles. The van der Waals surface area contributed by atoms with Crippen LogP contribution in [0.15, 0.2) is 18.2 Å². The van der Waals surface area contributed by atoms with Crippen LogP contribution >= 0.6 is 12.4 Å². The molecule has 1 aromatic carbocycles. The lowest BCUT2D eigenvalue weighted by Gasteiger charge is -2.31. The number of aryl methyl sites for hydroxylation is 1. The number of amides is 1. The summed E-state index contributed by atoms with van der Waals surface area (Å²) in [6.45, 7) is 3.88. The standard InChI is InChI=1S/C15H22FN3O.ClH/c1-11-5-6-12(8-14(11)16)18-15(20)10-19-7-3-4-13(9-19)17-2;/h5-6,8,13,17H,3-4,7,9-10H2,1-2H3,(H,18,20);1H. The van der Waals surface area contributed by atoms with E-state index >= 15 is 0 Å². The smallest absolute Gasteiger partial charge is 0.238 e. The van der Waals surface area contributed by atoms with Crippen LogP contribution in [-0.2, 0) is 4.79 Å². The Morgan fingerprint density at radius 3 is 2.90 bits per heavy atom. The van der Waals surface area contributed by atoms with Crippen molar-refractivity contribution in [2.45, 2.75) is 25.8 Å². The molecule has 0 radical (unpaired) electrons. The summed E-state index contributed by atoms with van der Waals surface area (Å²) in [5.41, 5.74) is 1.09. The first-order valence-electron chi connectivity index (χ1n) is 7.04. The Labute approximate surface area is 131 Å². The van der Waals surface area contributed by atoms with E-state index in [0.29, 0.717) is 23.8 Å². The topological polar surface area (TPSA) is 44.4 Å². The Kier molecular flexibility index (Phi) is 7.08. The Hall–Kier alpha value is -1.17. The first-order chi connectivity index (χ1) is 9.58. The predicted molar refractivity (Wildman–Crippen MR) is 85.5 cm³/mol. The summed E-state index contributed by atoms with van der Waals surface area (Å²) in [6, 6.07) is 5.21. The number of rotatable bonds is 4. The van der Waals surface area contributed by atoms with E-state index in [4.69, 9.17) is 0 Å². The largest absolute Gasteiger partial charge is 0.325 e. The molecule has 1 heterocycles. The zero-order valence-electron chi connectivity index (χ0n) is 12.5. The van der Waals surface area contributed by atoms with E-state index in [9.17, 15) is 9.18 Å². The second kappa shape index (κ2) is 8.32. The Bertz CT molecular complexity index is 484. The maximum Gasteiger partial charge on any atom is 0.238 e. The third-order valence-corrected chi connectivity index (χ3v) is 3.74. The van der Waals surface area contributed by atoms with E-state index < -0.39 is 0 Å². The number of benzene rings is 1. The van der Waals surface area contributed by atoms with Crippen LogP contribution in [0.5, 0.6) is 0 Å². The van der Waals surface area contributed by atoms with Crippen LogP contribution < -0.4 is 10.6 Å². The van der Waals surface area contributed by atoms with Gasteiger partial charge in [-0.1, -0.05) is 6.07 Å². The quantitative estimate of drug-likeness (QED) is 0.895. The van der Waals surface area contributed by atoms with Crippen LogP contribution in [0.25, 0.3) is 0 Å². The Morgan fingerprint density at radius 1 is 1.48 bits per heavy atom. The normalized spacial score (nSPS) is 18.9. The lowest BCUT2D eigenvalue weighted by Crippen LogP contribution is -2.46. The first kappa shape index (κ1) is 17.9. The average Bonchev–Trinajstić information content (AvgIpc) is 2.43. The van der Waals surface area contributed by atoms with Crippen LogP contribution in [0.1, 0.15) is 18.4 Å². The third kappa shape index (κ3) is 5.26. The summed E-state index contributed by atoms with van der Waals surface area (Å²) in [4.78, 5) is 14.1. The van der Waals surface area contributed by atoms with Crippen LogP contribution in [0.4, 0.5) is 10.1 Å². The average molecular weight is 316 g/mol. The highest BCUT2D eigenvalue weighted by Gasteiger charge is 2.20. The number of likely N-dealkylation sites (tertiary alicyclic amines) is 1. The molecule has 0 aromatic heterocycles. The highest BCUT2D eigenvalue weighted by Crippen LogP contribution is 2.14. The molecule has 2 rings (SSSR count). The fourth-order valence-electron chi connectivity index (χ4n) is 2.51. The van der Waals surface area contributed by atoms with Gasteiger partial charge < -0.3 is 10.6 Å². The molecule has 6 heteroatoms. The van der Waals surface area contributed by atoms with E-state index in [1.165, 1.54) is 6.07 Å². The van der Waals surface area contributed by atoms with Crippen LogP contribution in [0, 0.1) is 12.7 Å². The van der Waals surface area contributed by atoms with E-state index in [1.54, 1.807) is 19.1 Å². The molecule has 1 aromatic rings. The van der Waals surface area contributed by atoms with E-state index in [-0.39, 0.29) is 24.1 Å². The van der Waals surface area contributed by atoms with Crippen LogP contribution in [0.3, 0.4) is 0 Å². The Morgan fingerprint density at radius 2 is 2.24 bits per heavy atom. The molecule has 4 nitrogen and oxygen atoms in total. The number of hydrogen-bond acceptors (Lipinski definition) is 3. The fourth-order valence-corrected chi connectivity index (χ4v) is 2.51. The van der Waals surface area contributed by atoms with Gasteiger partial charge in [0.05, 0.1) is 6.54 Å². The SMILES string of the molecule is CNC1CCCN(CC(=O)Nc2ccc(C)c(F)c2)C1.Cl. The summed E-state index contributed by atoms with van der Waals surface area (Å²) in [5, 5.41) is 6.00. The minimum atomic E-state index is -0.295. The number of carbonyl (C=O) groups excluding carboxylic acids is 1. The summed E-state index contributed by atoms with van der Waals surface area (Å²) < 4.78 is 13.4. The molecule has 1 saturated heterocycles. The molecular weight excluding hydrogens is 293 g/mol. The van der Waals surface area contributed by atoms with Crippen molar-refractivity contribution >= 4 is 24.0 Å². The number of nitrogens with one attached hydrogen (secondary N) is 2. The summed E-state index contributed by atoms with van der Waals surface area (Å²) >= 11 is 0. The van der Waals surface area contributed by atoms with Gasteiger partial charge in [0.1, 0.15) is 5.82 Å². The monoisotopic (exact) mass is 315 g/mol. The molecule has 1 unspecified atom stereocenters. The third-order valence-electron chi connectivity index (χ3n) is 3.74. The van der Waals surface area contributed by atoms with Gasteiger partial charge in [0.25, 0.3) is 0 Å². The summed E-state index contributed by atoms with van der Waals surface area (Å²) in [6.07, 6.45) is 2.25. The molecule has 118 valence electrons. The van der Waals surface area contributed by atoms with Crippen molar-refractivity contribution < 1.29 is 9.18 Å². The summed E-state index contributed by atoms with van der Waals surface area (Å²) in [5.74, 6) is -0.388. The van der Waals surface area contributed by atoms with Gasteiger partial charge in [-0.2, -0.15) is 0 Å². The molecule has 1 aliphatic heterocycles. The van der Waals surface area contributed by atoms with Crippen molar-refractivity contribution in [2.24, 2.45) is 0 Å². The second-order valence-corrected chi connectivity index (χ2v) is 5.38. The molecule has 1 fully saturated rings. The van der Waals surface area contributed by atoms with E-state index in [1.807, 2.05) is 7.05 Å². The number of nitrogens with zero attached hydrogens (tertiary/aromatic N) is 1. The molecule has 0 bridgehead atoms. The lowest BCUT2D eigenvalue weighted by atomic mass is 10.1. The van der Waals surface area contributed by atoms with Crippen molar-refractivity contribution in [3.63, 3.8) is 0 Å². The Balaban J connectivity index is 0.00000220. The maximum absolute atomic E-state index is 13.4. The zero-order valence-corrected chi connectivity index (χ0v) is 13.3. The lowest BCUT2D eigenvalue weighted by molar-refractivity contribution is -0.117. The van der Waals surface area contributed by atoms with E-state index in [0.717, 1.165) is 25.9 Å². The van der Waals surface area contributed by atoms with Gasteiger partial charge in [-0.15, -0.1) is 12.4 Å². The van der Waals surface area contributed by atoms with E-state index in [2.05, 4.69) is 15.5 Å². The molecule has 0 spiro atoms. The number of halogens is 2. The van der Waals surface area contributed by atoms with Crippen molar-refractivity contribution in [1.29, 1.82) is 0 Å². The minimum absolute atomic E-state index is 0. The van der Waals surface area contributed by atoms with Gasteiger partial charge in [0.15, 0.2) is 0 Å². The molecule has 2 N–H and O–H groups in total. The van der Waals surface area contributed by atoms with Gasteiger partial charge >= 0.3 is 0 Å². The number of anilines is 1. The van der Waals surface area contributed by atoms with Crippen molar-refractivity contribution in [1.82, 2.24) is 10.2 Å². The maximum atomic E-state index is 13.4. The van der Waals surface area contributed by atoms with Gasteiger partial charge in [-0.25, -0.2) is 4.39 Å². The van der Waals surface area contributed by atoms with Crippen molar-refractivity contribution in [3.05, 3.63) is 29.6 Å². The van der Waals surface area contributed by atoms with Crippen molar-refractivity contribution in [3.8, 4) is 0 Å². The highest BCUT2D eigenvalue weighted by atomic mass is 35.5. The minimum Gasteiger partial charge on any atom is -0.325 e. The zero-order chi connectivity index (χ0) is 14.5. The molecule has 1 aliphatic rings. The number of carbonyl (C=O) groups is 1. The predicted octanol–water partition coefficient (Wildman–Crippen LogP) is 2.18. The fraction of sp³-hybridized carbons (Fsp3) is 0.533. The second-order valence-electron chi connectivity index (χ2n) is 5.38. The number of hydrogen-bond donors (Lipinski definition) is 2. The van der Waals surface area contributed by atoms with Gasteiger partial charge in [-0.3, -0.25) is 9.69 Å². The molecular formula is C15H23ClFN3O. The molecule has 21 heavy (non-hydrogen) atoms. The molecule has 0 aliphatic carbocycles. The van der Waals surface area contributed by atoms with Gasteiger partial charge in [0.2, 0.25) is 5.91 Å². The van der Waals surface area contributed by atoms with Crippen LogP contribution in [0.2, 0.25) is 0 Å². The van der Waals surface area contributed by atoms with Gasteiger partial charge in [0, 0.05) is 18.3 Å². The molecule has 1 amide bonds. The van der Waals surface area contributed by atoms with Crippen LogP contribution in [-0.4, -0.2) is 43.5 Å². The molecule has 1 atom stereocenters. The van der Waals surface area contributed by atoms with Crippen molar-refractivity contribution in [2.75, 3.05) is 32.0 Å². The number of likely N-dealkylation sites (N-methyl/N-ethyl adjacent to an activating group) is 1. The first-order valence-corrected chi connectivity index (χ1v) is 7.04. The highest BCUT2D eigenvalue weighted by molar-refractivity contribution is 5.92. The van der Waals surface area contributed by atoms with Gasteiger partial charge in [-0.05, 0) is 51.1 Å². The number of piperidine rings is 1. The summed E-state index contributed by atoms with van der Waals surface area (Å²) in [7, 11) is 1.95.